The monoisotopic (exact) mass is 395 g/mol. The van der Waals surface area contributed by atoms with Gasteiger partial charge in [-0.15, -0.1) is 10.2 Å². The number of nitrogens with zero attached hydrogens (tertiary/aromatic N) is 3. The minimum atomic E-state index is -0.293. The second-order valence-electron chi connectivity index (χ2n) is 5.83. The molecule has 132 valence electrons. The average molecular weight is 396 g/mol. The van der Waals surface area contributed by atoms with Gasteiger partial charge in [0.1, 0.15) is 0 Å². The van der Waals surface area contributed by atoms with Gasteiger partial charge in [-0.1, -0.05) is 41.6 Å². The molecule has 5 nitrogen and oxygen atoms in total. The third kappa shape index (κ3) is 4.40. The molecule has 1 amide bonds. The lowest BCUT2D eigenvalue weighted by Gasteiger charge is -2.17. The van der Waals surface area contributed by atoms with E-state index in [-0.39, 0.29) is 23.0 Å². The molecule has 3 rings (SSSR count). The molecule has 0 bridgehead atoms. The van der Waals surface area contributed by atoms with Gasteiger partial charge in [-0.05, 0) is 44.0 Å². The summed E-state index contributed by atoms with van der Waals surface area (Å²) in [6.07, 6.45) is 2.47. The smallest absolute Gasteiger partial charge is 0.228 e. The van der Waals surface area contributed by atoms with Gasteiger partial charge in [-0.2, -0.15) is 0 Å². The lowest BCUT2D eigenvalue weighted by Crippen LogP contribution is -2.32. The molecule has 1 aromatic heterocycles. The van der Waals surface area contributed by atoms with Crippen LogP contribution in [0.1, 0.15) is 43.5 Å². The Labute approximate surface area is 159 Å². The normalized spacial score (nSPS) is 15.0. The van der Waals surface area contributed by atoms with Crippen molar-refractivity contribution >= 4 is 51.5 Å². The van der Waals surface area contributed by atoms with Gasteiger partial charge < -0.3 is 0 Å². The number of halogens is 1. The molecule has 0 spiro atoms. The van der Waals surface area contributed by atoms with Crippen molar-refractivity contribution in [3.63, 3.8) is 0 Å². The number of amides is 1. The van der Waals surface area contributed by atoms with Crippen LogP contribution in [-0.2, 0) is 4.79 Å². The summed E-state index contributed by atoms with van der Waals surface area (Å²) >= 11 is 8.59. The largest absolute Gasteiger partial charge is 0.293 e. The fraction of sp³-hybridized carbons (Fsp3) is 0.412. The van der Waals surface area contributed by atoms with E-state index in [0.29, 0.717) is 26.5 Å². The number of Topliss-reactive ketones (excluding diaryl/α,β-unsaturated/α-hetero) is 1. The van der Waals surface area contributed by atoms with Gasteiger partial charge in [-0.3, -0.25) is 14.5 Å². The van der Waals surface area contributed by atoms with E-state index in [1.165, 1.54) is 23.1 Å². The van der Waals surface area contributed by atoms with E-state index in [1.807, 2.05) is 13.8 Å². The zero-order valence-corrected chi connectivity index (χ0v) is 16.3. The number of thioether (sulfide) groups is 1. The van der Waals surface area contributed by atoms with Crippen LogP contribution in [0.4, 0.5) is 5.13 Å². The summed E-state index contributed by atoms with van der Waals surface area (Å²) in [4.78, 5) is 26.4. The molecular weight excluding hydrogens is 378 g/mol. The van der Waals surface area contributed by atoms with Crippen LogP contribution in [0.3, 0.4) is 0 Å². The molecule has 1 saturated carbocycles. The molecule has 8 heteroatoms. The third-order valence-electron chi connectivity index (χ3n) is 3.86. The predicted molar refractivity (Wildman–Crippen MR) is 102 cm³/mol. The Morgan fingerprint density at radius 1 is 1.32 bits per heavy atom. The number of carbonyl (C=O) groups is 2. The Bertz CT molecular complexity index is 774. The fourth-order valence-electron chi connectivity index (χ4n) is 2.37. The van der Waals surface area contributed by atoms with Gasteiger partial charge in [0, 0.05) is 23.0 Å². The molecule has 1 atom stereocenters. The maximum absolute atomic E-state index is 12.5. The van der Waals surface area contributed by atoms with Gasteiger partial charge in [0.05, 0.1) is 5.25 Å². The lowest BCUT2D eigenvalue weighted by atomic mass is 10.1. The molecule has 2 aromatic rings. The highest BCUT2D eigenvalue weighted by molar-refractivity contribution is 8.02. The standard InChI is InChI=1S/C17H18ClN3O2S2/c1-3-14(22)21(13-8-9-13)16-19-20-17(25-16)24-10(2)15(23)11-4-6-12(18)7-5-11/h4-7,10,13H,3,8-9H2,1-2H3. The molecule has 1 aromatic carbocycles. The maximum atomic E-state index is 12.5. The van der Waals surface area contributed by atoms with E-state index < -0.39 is 0 Å². The van der Waals surface area contributed by atoms with Crippen molar-refractivity contribution < 1.29 is 9.59 Å². The molecule has 1 unspecified atom stereocenters. The second kappa shape index (κ2) is 7.85. The number of anilines is 1. The third-order valence-corrected chi connectivity index (χ3v) is 6.22. The summed E-state index contributed by atoms with van der Waals surface area (Å²) in [6, 6.07) is 7.12. The molecule has 0 aliphatic heterocycles. The first-order chi connectivity index (χ1) is 12.0. The highest BCUT2D eigenvalue weighted by Crippen LogP contribution is 2.37. The first-order valence-electron chi connectivity index (χ1n) is 8.11. The molecule has 0 saturated heterocycles. The van der Waals surface area contributed by atoms with Crippen LogP contribution >= 0.6 is 34.7 Å². The van der Waals surface area contributed by atoms with Crippen molar-refractivity contribution in [3.8, 4) is 0 Å². The number of hydrogen-bond donors (Lipinski definition) is 0. The first-order valence-corrected chi connectivity index (χ1v) is 10.2. The van der Waals surface area contributed by atoms with E-state index in [0.717, 1.165) is 12.8 Å². The van der Waals surface area contributed by atoms with Gasteiger partial charge >= 0.3 is 0 Å². The minimum Gasteiger partial charge on any atom is -0.293 e. The van der Waals surface area contributed by atoms with Crippen LogP contribution in [0.5, 0.6) is 0 Å². The van der Waals surface area contributed by atoms with Crippen molar-refractivity contribution in [2.75, 3.05) is 4.90 Å². The molecule has 1 aliphatic carbocycles. The zero-order chi connectivity index (χ0) is 18.0. The van der Waals surface area contributed by atoms with Gasteiger partial charge in [0.2, 0.25) is 11.0 Å². The minimum absolute atomic E-state index is 0.0158. The van der Waals surface area contributed by atoms with Crippen molar-refractivity contribution in [3.05, 3.63) is 34.9 Å². The lowest BCUT2D eigenvalue weighted by molar-refractivity contribution is -0.118. The maximum Gasteiger partial charge on any atom is 0.228 e. The molecule has 1 fully saturated rings. The van der Waals surface area contributed by atoms with Crippen LogP contribution in [0.15, 0.2) is 28.6 Å². The van der Waals surface area contributed by atoms with E-state index >= 15 is 0 Å². The van der Waals surface area contributed by atoms with Crippen LogP contribution in [0, 0.1) is 0 Å². The summed E-state index contributed by atoms with van der Waals surface area (Å²) in [7, 11) is 0. The van der Waals surface area contributed by atoms with Crippen molar-refractivity contribution in [1.29, 1.82) is 0 Å². The number of hydrogen-bond acceptors (Lipinski definition) is 6. The van der Waals surface area contributed by atoms with Crippen molar-refractivity contribution in [2.45, 2.75) is 48.7 Å². The fourth-order valence-corrected chi connectivity index (χ4v) is 4.65. The molecular formula is C17H18ClN3O2S2. The SMILES string of the molecule is CCC(=O)N(c1nnc(SC(C)C(=O)c2ccc(Cl)cc2)s1)C1CC1. The number of ketones is 1. The molecule has 25 heavy (non-hydrogen) atoms. The zero-order valence-electron chi connectivity index (χ0n) is 13.9. The quantitative estimate of drug-likeness (QED) is 0.393. The first kappa shape index (κ1) is 18.4. The van der Waals surface area contributed by atoms with E-state index in [9.17, 15) is 9.59 Å². The highest BCUT2D eigenvalue weighted by atomic mass is 35.5. The Balaban J connectivity index is 1.69. The van der Waals surface area contributed by atoms with Crippen LogP contribution in [0.2, 0.25) is 5.02 Å². The summed E-state index contributed by atoms with van der Waals surface area (Å²) < 4.78 is 0.694. The number of carbonyl (C=O) groups excluding carboxylic acids is 2. The summed E-state index contributed by atoms with van der Waals surface area (Å²) in [6.45, 7) is 3.69. The molecule has 1 aliphatic rings. The van der Waals surface area contributed by atoms with Gasteiger partial charge in [0.25, 0.3) is 0 Å². The Hall–Kier alpha value is -1.44. The second-order valence-corrected chi connectivity index (χ2v) is 8.81. The molecule has 0 radical (unpaired) electrons. The summed E-state index contributed by atoms with van der Waals surface area (Å²) in [5.41, 5.74) is 0.620. The summed E-state index contributed by atoms with van der Waals surface area (Å²) in [5, 5.41) is 9.26. The Morgan fingerprint density at radius 2 is 2.00 bits per heavy atom. The highest BCUT2D eigenvalue weighted by Gasteiger charge is 2.35. The molecule has 0 N–H and O–H groups in total. The van der Waals surface area contributed by atoms with E-state index in [4.69, 9.17) is 11.6 Å². The van der Waals surface area contributed by atoms with E-state index in [2.05, 4.69) is 10.2 Å². The Morgan fingerprint density at radius 3 is 2.60 bits per heavy atom. The number of benzene rings is 1. The van der Waals surface area contributed by atoms with Crippen LogP contribution < -0.4 is 4.90 Å². The number of aromatic nitrogens is 2. The van der Waals surface area contributed by atoms with Crippen LogP contribution in [-0.4, -0.2) is 33.2 Å². The Kier molecular flexibility index (Phi) is 5.76. The topological polar surface area (TPSA) is 63.2 Å². The average Bonchev–Trinajstić information content (AvgIpc) is 3.34. The van der Waals surface area contributed by atoms with Gasteiger partial charge in [0.15, 0.2) is 10.1 Å². The van der Waals surface area contributed by atoms with Gasteiger partial charge in [-0.25, -0.2) is 0 Å². The predicted octanol–water partition coefficient (Wildman–Crippen LogP) is 4.46. The van der Waals surface area contributed by atoms with Crippen LogP contribution in [0.25, 0.3) is 0 Å². The molecule has 1 heterocycles. The van der Waals surface area contributed by atoms with Crippen molar-refractivity contribution in [1.82, 2.24) is 10.2 Å². The number of rotatable bonds is 7. The van der Waals surface area contributed by atoms with Crippen molar-refractivity contribution in [2.24, 2.45) is 0 Å². The van der Waals surface area contributed by atoms with E-state index in [1.54, 1.807) is 29.2 Å². The summed E-state index contributed by atoms with van der Waals surface area (Å²) in [5.74, 6) is 0.0857.